The zero-order valence-corrected chi connectivity index (χ0v) is 14.1. The van der Waals surface area contributed by atoms with Gasteiger partial charge in [0, 0.05) is 16.1 Å². The minimum absolute atomic E-state index is 0.113. The van der Waals surface area contributed by atoms with Gasteiger partial charge in [0.1, 0.15) is 17.5 Å². The summed E-state index contributed by atoms with van der Waals surface area (Å²) >= 11 is 6.16. The maximum Gasteiger partial charge on any atom is 0.255 e. The lowest BCUT2D eigenvalue weighted by Crippen LogP contribution is -2.26. The van der Waals surface area contributed by atoms with Gasteiger partial charge in [-0.15, -0.1) is 0 Å². The van der Waals surface area contributed by atoms with Crippen molar-refractivity contribution in [2.45, 2.75) is 0 Å². The topological polar surface area (TPSA) is 91.1 Å². The number of nitrogens with zero attached hydrogens (tertiary/aromatic N) is 2. The first-order valence-electron chi connectivity index (χ1n) is 7.71. The molecule has 2 aromatic heterocycles. The molecule has 0 bridgehead atoms. The van der Waals surface area contributed by atoms with Crippen molar-refractivity contribution in [3.63, 3.8) is 0 Å². The second kappa shape index (κ2) is 6.16. The monoisotopic (exact) mass is 365 g/mol. The number of benzene rings is 2. The van der Waals surface area contributed by atoms with E-state index in [1.54, 1.807) is 22.8 Å². The fourth-order valence-electron chi connectivity index (χ4n) is 2.97. The van der Waals surface area contributed by atoms with Crippen LogP contribution in [0, 0.1) is 0 Å². The third-order valence-electron chi connectivity index (χ3n) is 4.03. The zero-order chi connectivity index (χ0) is 18.3. The average Bonchev–Trinajstić information content (AvgIpc) is 3.16. The Hall–Kier alpha value is -3.38. The number of hydrogen-bond donors (Lipinski definition) is 1. The summed E-state index contributed by atoms with van der Waals surface area (Å²) in [6.07, 6.45) is 2.80. The van der Waals surface area contributed by atoms with Crippen molar-refractivity contribution in [1.82, 2.24) is 9.55 Å². The maximum atomic E-state index is 13.0. The van der Waals surface area contributed by atoms with Crippen molar-refractivity contribution in [3.05, 3.63) is 81.8 Å². The second-order valence-electron chi connectivity index (χ2n) is 5.59. The van der Waals surface area contributed by atoms with Crippen molar-refractivity contribution in [2.75, 3.05) is 0 Å². The Balaban J connectivity index is 2.30. The summed E-state index contributed by atoms with van der Waals surface area (Å²) < 4.78 is 7.10. The molecule has 0 radical (unpaired) electrons. The number of oxazole rings is 1. The molecule has 2 aromatic carbocycles. The Morgan fingerprint density at radius 3 is 2.58 bits per heavy atom. The highest BCUT2D eigenvalue weighted by atomic mass is 35.5. The minimum Gasteiger partial charge on any atom is -0.443 e. The van der Waals surface area contributed by atoms with E-state index in [9.17, 15) is 9.59 Å². The van der Waals surface area contributed by atoms with Crippen LogP contribution in [0.5, 0.6) is 0 Å². The molecule has 0 unspecified atom stereocenters. The van der Waals surface area contributed by atoms with E-state index in [2.05, 4.69) is 4.98 Å². The smallest absolute Gasteiger partial charge is 0.255 e. The Morgan fingerprint density at radius 2 is 1.92 bits per heavy atom. The van der Waals surface area contributed by atoms with E-state index in [-0.39, 0.29) is 17.1 Å². The van der Waals surface area contributed by atoms with Gasteiger partial charge in [-0.25, -0.2) is 4.98 Å². The summed E-state index contributed by atoms with van der Waals surface area (Å²) in [5, 5.41) is 0.772. The van der Waals surface area contributed by atoms with Gasteiger partial charge in [0.05, 0.1) is 11.7 Å². The van der Waals surface area contributed by atoms with Crippen LogP contribution >= 0.6 is 11.6 Å². The Labute approximate surface area is 152 Å². The highest BCUT2D eigenvalue weighted by molar-refractivity contribution is 6.31. The number of para-hydroxylation sites is 1. The Kier molecular flexibility index (Phi) is 3.82. The summed E-state index contributed by atoms with van der Waals surface area (Å²) in [6.45, 7) is 0. The molecular formula is C19H12ClN3O3. The molecule has 2 N–H and O–H groups in total. The predicted molar refractivity (Wildman–Crippen MR) is 98.6 cm³/mol. The molecule has 4 aromatic rings. The van der Waals surface area contributed by atoms with Crippen LogP contribution in [0.1, 0.15) is 10.4 Å². The summed E-state index contributed by atoms with van der Waals surface area (Å²) in [5.74, 6) is -0.744. The number of carbonyl (C=O) groups excluding carboxylic acids is 1. The third-order valence-corrected chi connectivity index (χ3v) is 4.26. The van der Waals surface area contributed by atoms with Gasteiger partial charge in [0.2, 0.25) is 11.3 Å². The first kappa shape index (κ1) is 16.1. The van der Waals surface area contributed by atoms with E-state index in [0.29, 0.717) is 21.6 Å². The average molecular weight is 366 g/mol. The quantitative estimate of drug-likeness (QED) is 0.602. The van der Waals surface area contributed by atoms with E-state index in [1.165, 1.54) is 12.5 Å². The van der Waals surface area contributed by atoms with E-state index in [1.807, 2.05) is 30.3 Å². The molecule has 1 amide bonds. The van der Waals surface area contributed by atoms with Crippen molar-refractivity contribution < 1.29 is 9.21 Å². The van der Waals surface area contributed by atoms with E-state index >= 15 is 0 Å². The highest BCUT2D eigenvalue weighted by Gasteiger charge is 2.25. The predicted octanol–water partition coefficient (Wildman–Crippen LogP) is 3.40. The summed E-state index contributed by atoms with van der Waals surface area (Å²) in [7, 11) is 0. The minimum atomic E-state index is -0.857. The lowest BCUT2D eigenvalue weighted by molar-refractivity contribution is 0.0999. The standard InChI is InChI=1S/C19H12ClN3O3/c20-11-6-7-13-14(10-11)23(12-4-2-1-3-5-12)16(19-22-8-9-26-19)15(17(13)24)18(21)25/h1-10H,(H2,21,25). The van der Waals surface area contributed by atoms with Gasteiger partial charge >= 0.3 is 0 Å². The van der Waals surface area contributed by atoms with Gasteiger partial charge in [0.25, 0.3) is 5.91 Å². The lowest BCUT2D eigenvalue weighted by atomic mass is 10.1. The number of aromatic nitrogens is 2. The number of rotatable bonds is 3. The molecule has 7 heteroatoms. The third kappa shape index (κ3) is 2.48. The molecule has 0 aliphatic carbocycles. The zero-order valence-electron chi connectivity index (χ0n) is 13.3. The van der Waals surface area contributed by atoms with Gasteiger partial charge in [-0.3, -0.25) is 9.59 Å². The van der Waals surface area contributed by atoms with Crippen LogP contribution < -0.4 is 11.2 Å². The molecule has 0 aliphatic heterocycles. The fraction of sp³-hybridized carbons (Fsp3) is 0. The summed E-state index contributed by atoms with van der Waals surface area (Å²) in [6, 6.07) is 14.0. The number of nitrogens with two attached hydrogens (primary N) is 1. The molecule has 0 fully saturated rings. The summed E-state index contributed by atoms with van der Waals surface area (Å²) in [4.78, 5) is 29.2. The molecule has 0 spiro atoms. The van der Waals surface area contributed by atoms with Crippen LogP contribution in [0.2, 0.25) is 5.02 Å². The molecule has 6 nitrogen and oxygen atoms in total. The van der Waals surface area contributed by atoms with Crippen LogP contribution in [-0.2, 0) is 0 Å². The van der Waals surface area contributed by atoms with Gasteiger partial charge in [0.15, 0.2) is 0 Å². The second-order valence-corrected chi connectivity index (χ2v) is 6.02. The number of carbonyl (C=O) groups is 1. The number of amides is 1. The largest absolute Gasteiger partial charge is 0.443 e. The molecule has 0 aliphatic rings. The first-order chi connectivity index (χ1) is 12.6. The fourth-order valence-corrected chi connectivity index (χ4v) is 3.14. The van der Waals surface area contributed by atoms with Crippen LogP contribution in [0.25, 0.3) is 28.2 Å². The van der Waals surface area contributed by atoms with Gasteiger partial charge < -0.3 is 14.7 Å². The number of fused-ring (bicyclic) bond motifs is 1. The molecule has 26 heavy (non-hydrogen) atoms. The van der Waals surface area contributed by atoms with E-state index in [4.69, 9.17) is 21.8 Å². The Morgan fingerprint density at radius 1 is 1.15 bits per heavy atom. The number of hydrogen-bond acceptors (Lipinski definition) is 4. The first-order valence-corrected chi connectivity index (χ1v) is 8.09. The molecule has 128 valence electrons. The summed E-state index contributed by atoms with van der Waals surface area (Å²) in [5.41, 5.74) is 6.27. The van der Waals surface area contributed by atoms with Gasteiger partial charge in [-0.2, -0.15) is 0 Å². The van der Waals surface area contributed by atoms with E-state index < -0.39 is 11.3 Å². The van der Waals surface area contributed by atoms with Crippen molar-refractivity contribution in [3.8, 4) is 17.3 Å². The Bertz CT molecular complexity index is 1180. The van der Waals surface area contributed by atoms with Crippen LogP contribution in [0.15, 0.2) is 70.2 Å². The molecule has 0 saturated heterocycles. The SMILES string of the molecule is NC(=O)c1c(-c2ncco2)n(-c2ccccc2)c2cc(Cl)ccc2c1=O. The maximum absolute atomic E-state index is 13.0. The van der Waals surface area contributed by atoms with Crippen LogP contribution in [0.3, 0.4) is 0 Å². The van der Waals surface area contributed by atoms with E-state index in [0.717, 1.165) is 0 Å². The van der Waals surface area contributed by atoms with Crippen molar-refractivity contribution in [1.29, 1.82) is 0 Å². The van der Waals surface area contributed by atoms with Gasteiger partial charge in [-0.1, -0.05) is 29.8 Å². The van der Waals surface area contributed by atoms with Crippen LogP contribution in [-0.4, -0.2) is 15.5 Å². The molecule has 4 rings (SSSR count). The molecule has 0 atom stereocenters. The van der Waals surface area contributed by atoms with Crippen molar-refractivity contribution >= 4 is 28.4 Å². The number of halogens is 1. The molecule has 2 heterocycles. The van der Waals surface area contributed by atoms with Gasteiger partial charge in [-0.05, 0) is 30.3 Å². The number of primary amides is 1. The number of pyridine rings is 1. The molecule has 0 saturated carbocycles. The molecular weight excluding hydrogens is 354 g/mol. The normalized spacial score (nSPS) is 11.0. The van der Waals surface area contributed by atoms with Crippen molar-refractivity contribution in [2.24, 2.45) is 5.73 Å². The highest BCUT2D eigenvalue weighted by Crippen LogP contribution is 2.30. The lowest BCUT2D eigenvalue weighted by Gasteiger charge is -2.18. The van der Waals surface area contributed by atoms with Crippen LogP contribution in [0.4, 0.5) is 0 Å².